The average molecular weight is 893 g/mol. The summed E-state index contributed by atoms with van der Waals surface area (Å²) >= 11 is 0. The van der Waals surface area contributed by atoms with Gasteiger partial charge >= 0.3 is 6.18 Å². The third kappa shape index (κ3) is 18.3. The molecule has 6 rings (SSSR count). The van der Waals surface area contributed by atoms with Crippen LogP contribution in [0.2, 0.25) is 0 Å². The number of carbonyl (C=O) groups is 3. The maximum Gasteiger partial charge on any atom is 0.417 e. The van der Waals surface area contributed by atoms with Crippen LogP contribution in [0.1, 0.15) is 68.2 Å². The highest BCUT2D eigenvalue weighted by atomic mass is 19.4. The highest BCUT2D eigenvalue weighted by molar-refractivity contribution is 5.96. The van der Waals surface area contributed by atoms with Crippen molar-refractivity contribution in [3.8, 4) is 35.5 Å². The van der Waals surface area contributed by atoms with Crippen LogP contribution in [0.15, 0.2) is 152 Å². The highest BCUT2D eigenvalue weighted by Crippen LogP contribution is 2.32. The summed E-state index contributed by atoms with van der Waals surface area (Å²) in [5, 5.41) is 0. The first kappa shape index (κ1) is 50.6. The topological polar surface area (TPSA) is 99.6 Å². The van der Waals surface area contributed by atoms with Crippen molar-refractivity contribution in [2.24, 2.45) is 0 Å². The minimum Gasteiger partial charge on any atom is -0.345 e. The van der Waals surface area contributed by atoms with Crippen LogP contribution in [0.25, 0.3) is 0 Å². The third-order valence-corrected chi connectivity index (χ3v) is 9.21. The summed E-state index contributed by atoms with van der Waals surface area (Å²) in [5.74, 6) is 16.4. The maximum atomic E-state index is 13.1. The molecule has 0 aliphatic carbocycles. The summed E-state index contributed by atoms with van der Waals surface area (Å²) in [6.07, 6.45) is 2.42. The van der Waals surface area contributed by atoms with E-state index in [9.17, 15) is 31.9 Å². The van der Waals surface area contributed by atoms with Crippen molar-refractivity contribution in [2.45, 2.75) is 31.9 Å². The van der Waals surface area contributed by atoms with Gasteiger partial charge in [0.2, 0.25) is 5.91 Å². The van der Waals surface area contributed by atoms with E-state index in [2.05, 4.69) is 50.5 Å². The minimum atomic E-state index is -4.56. The fraction of sp³-hybridized carbons (Fsp3) is 0.208. The van der Waals surface area contributed by atoms with Crippen LogP contribution in [-0.2, 0) is 17.4 Å². The molecule has 0 aliphatic rings. The minimum absolute atomic E-state index is 0.112. The van der Waals surface area contributed by atoms with Crippen LogP contribution in [-0.4, -0.2) is 88.2 Å². The van der Waals surface area contributed by atoms with E-state index in [-0.39, 0.29) is 23.9 Å². The maximum absolute atomic E-state index is 13.1. The molecule has 0 aliphatic heterocycles. The van der Waals surface area contributed by atoms with Crippen LogP contribution in [0, 0.1) is 41.3 Å². The zero-order chi connectivity index (χ0) is 47.6. The van der Waals surface area contributed by atoms with E-state index in [1.807, 2.05) is 73.8 Å². The molecule has 9 nitrogen and oxygen atoms in total. The molecule has 3 aromatic heterocycles. The second-order valence-corrected chi connectivity index (χ2v) is 14.3. The summed E-state index contributed by atoms with van der Waals surface area (Å²) in [5.41, 5.74) is 2.16. The Hall–Kier alpha value is -8.08. The highest BCUT2D eigenvalue weighted by Gasteiger charge is 2.35. The van der Waals surface area contributed by atoms with Crippen molar-refractivity contribution in [1.29, 1.82) is 0 Å². The van der Waals surface area contributed by atoms with Crippen molar-refractivity contribution < 1.29 is 31.9 Å². The number of carbonyl (C=O) groups excluding carboxylic acids is 3. The number of amides is 3. The van der Waals surface area contributed by atoms with Gasteiger partial charge in [0.15, 0.2) is 0 Å². The number of rotatable bonds is 10. The Balaban J connectivity index is 0.000000217. The van der Waals surface area contributed by atoms with Gasteiger partial charge < -0.3 is 14.7 Å². The fourth-order valence-corrected chi connectivity index (χ4v) is 5.64. The van der Waals surface area contributed by atoms with Gasteiger partial charge in [0, 0.05) is 84.2 Å². The first-order chi connectivity index (χ1) is 31.8. The SMILES string of the molecule is CN(CCC#Cc1ccccn1)C(=O)Cc1ccccc1.CN(CCC#Cc1ccccn1)C(=O)c1cccc(F)c1.CN(CCC#Cc1ccccn1)C(=O)c1ccccc1C(F)(F)F. The lowest BCUT2D eigenvalue weighted by atomic mass is 10.1. The molecule has 336 valence electrons. The summed E-state index contributed by atoms with van der Waals surface area (Å²) in [6.45, 7) is 1.34. The van der Waals surface area contributed by atoms with E-state index >= 15 is 0 Å². The lowest BCUT2D eigenvalue weighted by molar-refractivity contribution is -0.138. The summed E-state index contributed by atoms with van der Waals surface area (Å²) in [4.78, 5) is 53.1. The summed E-state index contributed by atoms with van der Waals surface area (Å²) in [6, 6.07) is 36.7. The quantitative estimate of drug-likeness (QED) is 0.101. The van der Waals surface area contributed by atoms with Crippen LogP contribution in [0.3, 0.4) is 0 Å². The number of alkyl halides is 3. The fourth-order valence-electron chi connectivity index (χ4n) is 5.64. The molecule has 3 heterocycles. The molecule has 0 atom stereocenters. The van der Waals surface area contributed by atoms with Crippen LogP contribution in [0.4, 0.5) is 17.6 Å². The van der Waals surface area contributed by atoms with Crippen molar-refractivity contribution >= 4 is 17.7 Å². The van der Waals surface area contributed by atoms with Crippen LogP contribution < -0.4 is 0 Å². The van der Waals surface area contributed by atoms with Crippen molar-refractivity contribution in [2.75, 3.05) is 40.8 Å². The molecule has 0 spiro atoms. The molecule has 3 aromatic carbocycles. The predicted octanol–water partition coefficient (Wildman–Crippen LogP) is 8.87. The molecule has 0 saturated carbocycles. The van der Waals surface area contributed by atoms with E-state index in [0.717, 1.165) is 17.3 Å². The van der Waals surface area contributed by atoms with Gasteiger partial charge in [-0.25, -0.2) is 19.3 Å². The third-order valence-electron chi connectivity index (χ3n) is 9.21. The lowest BCUT2D eigenvalue weighted by Crippen LogP contribution is -2.29. The van der Waals surface area contributed by atoms with Crippen LogP contribution >= 0.6 is 0 Å². The van der Waals surface area contributed by atoms with E-state index in [1.165, 1.54) is 53.2 Å². The van der Waals surface area contributed by atoms with Crippen molar-refractivity contribution in [1.82, 2.24) is 29.7 Å². The first-order valence-electron chi connectivity index (χ1n) is 20.7. The zero-order valence-electron chi connectivity index (χ0n) is 36.8. The number of pyridine rings is 3. The predicted molar refractivity (Wildman–Crippen MR) is 247 cm³/mol. The molecule has 0 unspecified atom stereocenters. The Morgan fingerprint density at radius 1 is 0.530 bits per heavy atom. The average Bonchev–Trinajstić information content (AvgIpc) is 3.34. The van der Waals surface area contributed by atoms with Gasteiger partial charge in [0.1, 0.15) is 22.9 Å². The Morgan fingerprint density at radius 2 is 0.985 bits per heavy atom. The largest absolute Gasteiger partial charge is 0.417 e. The van der Waals surface area contributed by atoms with E-state index in [0.29, 0.717) is 55.7 Å². The van der Waals surface area contributed by atoms with Gasteiger partial charge in [0.05, 0.1) is 17.5 Å². The van der Waals surface area contributed by atoms with Gasteiger partial charge in [-0.3, -0.25) is 14.4 Å². The monoisotopic (exact) mass is 892 g/mol. The number of hydrogen-bond acceptors (Lipinski definition) is 6. The molecule has 0 saturated heterocycles. The first-order valence-corrected chi connectivity index (χ1v) is 20.7. The van der Waals surface area contributed by atoms with Gasteiger partial charge in [-0.15, -0.1) is 0 Å². The lowest BCUT2D eigenvalue weighted by Gasteiger charge is -2.19. The molecule has 0 N–H and O–H groups in total. The second-order valence-electron chi connectivity index (χ2n) is 14.3. The molecule has 13 heteroatoms. The number of nitrogens with zero attached hydrogens (tertiary/aromatic N) is 6. The Morgan fingerprint density at radius 3 is 1.45 bits per heavy atom. The standard InChI is InChI=1S/C18H15F3N2O.C18H18N2O.C17H15FN2O/c1-23(13-7-5-9-14-8-4-6-12-22-14)17(24)15-10-2-3-11-16(15)18(19,20)21;1-20(18(21)15-16-9-3-2-4-10-16)14-8-6-12-17-11-5-7-13-19-17;1-20(17(21)14-7-6-8-15(18)13-14)12-5-3-10-16-9-2-4-11-19-16/h2-4,6,8,10-12H,7,13H2,1H3;2-5,7,9-11,13H,8,14-15H2,1H3;2,4,6-9,11,13H,5,12H2,1H3. The smallest absolute Gasteiger partial charge is 0.345 e. The number of hydrogen-bond donors (Lipinski definition) is 0. The Bertz CT molecular complexity index is 2650. The van der Waals surface area contributed by atoms with Crippen molar-refractivity contribution in [3.05, 3.63) is 197 Å². The molecular formula is C53H48F4N6O3. The number of benzene rings is 3. The molecule has 0 fully saturated rings. The second kappa shape index (κ2) is 27.2. The van der Waals surface area contributed by atoms with Crippen molar-refractivity contribution in [3.63, 3.8) is 0 Å². The Labute approximate surface area is 383 Å². The van der Waals surface area contributed by atoms with Crippen LogP contribution in [0.5, 0.6) is 0 Å². The molecule has 66 heavy (non-hydrogen) atoms. The number of likely N-dealkylation sites (N-methyl/N-ethyl adjacent to an activating group) is 1. The summed E-state index contributed by atoms with van der Waals surface area (Å²) in [7, 11) is 4.95. The molecule has 6 aromatic rings. The normalized spacial score (nSPS) is 9.98. The summed E-state index contributed by atoms with van der Waals surface area (Å²) < 4.78 is 52.0. The van der Waals surface area contributed by atoms with Gasteiger partial charge in [-0.05, 0) is 90.1 Å². The molecular weight excluding hydrogens is 845 g/mol. The van der Waals surface area contributed by atoms with E-state index in [4.69, 9.17) is 0 Å². The van der Waals surface area contributed by atoms with E-state index < -0.39 is 23.5 Å². The number of halogens is 4. The molecule has 3 amide bonds. The van der Waals surface area contributed by atoms with Gasteiger partial charge in [-0.1, -0.05) is 84.5 Å². The Kier molecular flexibility index (Phi) is 20.8. The molecule has 0 radical (unpaired) electrons. The number of aromatic nitrogens is 3. The van der Waals surface area contributed by atoms with Gasteiger partial charge in [0.25, 0.3) is 11.8 Å². The molecule has 0 bridgehead atoms. The van der Waals surface area contributed by atoms with Gasteiger partial charge in [-0.2, -0.15) is 13.2 Å². The zero-order valence-corrected chi connectivity index (χ0v) is 36.8. The van der Waals surface area contributed by atoms with E-state index in [1.54, 1.807) is 54.8 Å².